The average Bonchev–Trinajstić information content (AvgIpc) is 2.43. The molecule has 0 atom stereocenters. The zero-order chi connectivity index (χ0) is 11.3. The van der Waals surface area contributed by atoms with Gasteiger partial charge in [-0.3, -0.25) is 4.79 Å². The van der Waals surface area contributed by atoms with Crippen LogP contribution in [0.2, 0.25) is 0 Å². The minimum absolute atomic E-state index is 0.288. The SMILES string of the molecule is [CH2]CC(C)(C)CN1CCCN(C=O)CC1. The molecule has 0 bridgehead atoms. The highest BCUT2D eigenvalue weighted by Gasteiger charge is 2.21. The van der Waals surface area contributed by atoms with Crippen molar-refractivity contribution in [3.05, 3.63) is 6.92 Å². The minimum atomic E-state index is 0.288. The van der Waals surface area contributed by atoms with E-state index in [4.69, 9.17) is 0 Å². The van der Waals surface area contributed by atoms with Crippen LogP contribution in [0.5, 0.6) is 0 Å². The Balaban J connectivity index is 2.40. The fourth-order valence-electron chi connectivity index (χ4n) is 1.94. The van der Waals surface area contributed by atoms with Gasteiger partial charge in [0.05, 0.1) is 0 Å². The topological polar surface area (TPSA) is 23.6 Å². The quantitative estimate of drug-likeness (QED) is 0.656. The number of carbonyl (C=O) groups excluding carboxylic acids is 1. The highest BCUT2D eigenvalue weighted by molar-refractivity contribution is 5.46. The molecule has 1 aliphatic heterocycles. The van der Waals surface area contributed by atoms with Crippen molar-refractivity contribution in [2.45, 2.75) is 26.7 Å². The number of amides is 1. The summed E-state index contributed by atoms with van der Waals surface area (Å²) in [6.07, 6.45) is 3.02. The standard InChI is InChI=1S/C12H23N2O/c1-4-12(2,3)10-13-6-5-7-14(11-15)9-8-13/h11H,1,4-10H2,2-3H3. The number of rotatable bonds is 4. The third kappa shape index (κ3) is 4.20. The summed E-state index contributed by atoms with van der Waals surface area (Å²) in [4.78, 5) is 15.0. The fourth-order valence-corrected chi connectivity index (χ4v) is 1.94. The van der Waals surface area contributed by atoms with Crippen LogP contribution in [-0.2, 0) is 4.79 Å². The van der Waals surface area contributed by atoms with E-state index in [-0.39, 0.29) is 5.41 Å². The van der Waals surface area contributed by atoms with E-state index in [2.05, 4.69) is 25.7 Å². The van der Waals surface area contributed by atoms with Crippen molar-refractivity contribution in [1.29, 1.82) is 0 Å². The molecule has 15 heavy (non-hydrogen) atoms. The number of carbonyl (C=O) groups is 1. The Morgan fingerprint density at radius 1 is 1.27 bits per heavy atom. The summed E-state index contributed by atoms with van der Waals surface area (Å²) in [5, 5.41) is 0. The Hall–Kier alpha value is -0.570. The first-order valence-corrected chi connectivity index (χ1v) is 5.78. The first-order chi connectivity index (χ1) is 7.07. The Kier molecular flexibility index (Phi) is 4.58. The molecule has 1 fully saturated rings. The van der Waals surface area contributed by atoms with Crippen LogP contribution in [0.25, 0.3) is 0 Å². The molecule has 0 aromatic carbocycles. The summed E-state index contributed by atoms with van der Waals surface area (Å²) in [6, 6.07) is 0. The van der Waals surface area contributed by atoms with Gasteiger partial charge in [-0.1, -0.05) is 20.8 Å². The molecule has 0 spiro atoms. The molecule has 1 aliphatic rings. The van der Waals surface area contributed by atoms with Gasteiger partial charge in [-0.25, -0.2) is 0 Å². The van der Waals surface area contributed by atoms with Crippen molar-refractivity contribution in [2.24, 2.45) is 5.41 Å². The minimum Gasteiger partial charge on any atom is -0.344 e. The highest BCUT2D eigenvalue weighted by Crippen LogP contribution is 2.21. The Bertz CT molecular complexity index is 204. The third-order valence-electron chi connectivity index (χ3n) is 3.10. The molecule has 87 valence electrons. The van der Waals surface area contributed by atoms with Crippen LogP contribution in [0.4, 0.5) is 0 Å². The molecule has 0 saturated carbocycles. The Morgan fingerprint density at radius 2 is 2.00 bits per heavy atom. The van der Waals surface area contributed by atoms with E-state index < -0.39 is 0 Å². The van der Waals surface area contributed by atoms with Crippen molar-refractivity contribution in [3.8, 4) is 0 Å². The van der Waals surface area contributed by atoms with E-state index in [1.165, 1.54) is 0 Å². The van der Waals surface area contributed by atoms with E-state index in [1.54, 1.807) is 0 Å². The number of hydrogen-bond acceptors (Lipinski definition) is 2. The lowest BCUT2D eigenvalue weighted by Crippen LogP contribution is -2.36. The van der Waals surface area contributed by atoms with Gasteiger partial charge in [-0.05, 0) is 24.8 Å². The van der Waals surface area contributed by atoms with Gasteiger partial charge >= 0.3 is 0 Å². The van der Waals surface area contributed by atoms with Crippen molar-refractivity contribution >= 4 is 6.41 Å². The molecule has 1 amide bonds. The molecule has 0 N–H and O–H groups in total. The zero-order valence-electron chi connectivity index (χ0n) is 10.0. The average molecular weight is 211 g/mol. The van der Waals surface area contributed by atoms with E-state index in [9.17, 15) is 4.79 Å². The summed E-state index contributed by atoms with van der Waals surface area (Å²) < 4.78 is 0. The lowest BCUT2D eigenvalue weighted by Gasteiger charge is -2.30. The van der Waals surface area contributed by atoms with Crippen molar-refractivity contribution in [3.63, 3.8) is 0 Å². The van der Waals surface area contributed by atoms with Gasteiger partial charge in [0, 0.05) is 26.2 Å². The lowest BCUT2D eigenvalue weighted by atomic mass is 9.89. The molecular formula is C12H23N2O. The number of hydrogen-bond donors (Lipinski definition) is 0. The highest BCUT2D eigenvalue weighted by atomic mass is 16.1. The molecule has 3 nitrogen and oxygen atoms in total. The molecule has 0 aromatic heterocycles. The van der Waals surface area contributed by atoms with Crippen LogP contribution in [0.15, 0.2) is 0 Å². The van der Waals surface area contributed by atoms with E-state index in [1.807, 2.05) is 4.90 Å². The normalized spacial score (nSPS) is 20.1. The second-order valence-electron chi connectivity index (χ2n) is 5.19. The van der Waals surface area contributed by atoms with Crippen LogP contribution in [0, 0.1) is 12.3 Å². The maximum Gasteiger partial charge on any atom is 0.209 e. The van der Waals surface area contributed by atoms with Gasteiger partial charge in [0.15, 0.2) is 0 Å². The second kappa shape index (κ2) is 5.50. The van der Waals surface area contributed by atoms with Crippen molar-refractivity contribution in [2.75, 3.05) is 32.7 Å². The van der Waals surface area contributed by atoms with Gasteiger partial charge in [0.2, 0.25) is 6.41 Å². The first-order valence-electron chi connectivity index (χ1n) is 5.78. The maximum atomic E-state index is 10.7. The summed E-state index contributed by atoms with van der Waals surface area (Å²) in [5.41, 5.74) is 0.288. The van der Waals surface area contributed by atoms with Crippen LogP contribution in [0.3, 0.4) is 0 Å². The van der Waals surface area contributed by atoms with Gasteiger partial charge in [-0.15, -0.1) is 0 Å². The smallest absolute Gasteiger partial charge is 0.209 e. The lowest BCUT2D eigenvalue weighted by molar-refractivity contribution is -0.118. The van der Waals surface area contributed by atoms with Crippen LogP contribution < -0.4 is 0 Å². The molecule has 1 heterocycles. The third-order valence-corrected chi connectivity index (χ3v) is 3.10. The molecule has 0 unspecified atom stereocenters. The summed E-state index contributed by atoms with van der Waals surface area (Å²) in [7, 11) is 0. The molecule has 1 radical (unpaired) electrons. The predicted molar refractivity (Wildman–Crippen MR) is 62.4 cm³/mol. The summed E-state index contributed by atoms with van der Waals surface area (Å²) in [5.74, 6) is 0. The molecular weight excluding hydrogens is 188 g/mol. The Labute approximate surface area is 93.4 Å². The van der Waals surface area contributed by atoms with Crippen LogP contribution in [0.1, 0.15) is 26.7 Å². The van der Waals surface area contributed by atoms with E-state index in [0.29, 0.717) is 0 Å². The molecule has 3 heteroatoms. The largest absolute Gasteiger partial charge is 0.344 e. The molecule has 0 aliphatic carbocycles. The van der Waals surface area contributed by atoms with Crippen LogP contribution >= 0.6 is 0 Å². The van der Waals surface area contributed by atoms with Crippen molar-refractivity contribution < 1.29 is 4.79 Å². The fraction of sp³-hybridized carbons (Fsp3) is 0.833. The van der Waals surface area contributed by atoms with Gasteiger partial charge in [-0.2, -0.15) is 0 Å². The summed E-state index contributed by atoms with van der Waals surface area (Å²) in [6.45, 7) is 13.5. The van der Waals surface area contributed by atoms with Gasteiger partial charge in [0.25, 0.3) is 0 Å². The zero-order valence-corrected chi connectivity index (χ0v) is 10.0. The van der Waals surface area contributed by atoms with E-state index in [0.717, 1.165) is 52.0 Å². The molecule has 0 aromatic rings. The monoisotopic (exact) mass is 211 g/mol. The molecule has 1 rings (SSSR count). The number of nitrogens with zero attached hydrogens (tertiary/aromatic N) is 2. The van der Waals surface area contributed by atoms with Gasteiger partial charge < -0.3 is 9.80 Å². The Morgan fingerprint density at radius 3 is 2.60 bits per heavy atom. The predicted octanol–water partition coefficient (Wildman–Crippen LogP) is 1.40. The van der Waals surface area contributed by atoms with Crippen molar-refractivity contribution in [1.82, 2.24) is 9.80 Å². The van der Waals surface area contributed by atoms with Crippen LogP contribution in [-0.4, -0.2) is 48.9 Å². The summed E-state index contributed by atoms with van der Waals surface area (Å²) >= 11 is 0. The maximum absolute atomic E-state index is 10.7. The molecule has 1 saturated heterocycles. The first kappa shape index (κ1) is 12.5. The second-order valence-corrected chi connectivity index (χ2v) is 5.19. The van der Waals surface area contributed by atoms with Gasteiger partial charge in [0.1, 0.15) is 0 Å². The van der Waals surface area contributed by atoms with E-state index >= 15 is 0 Å².